The van der Waals surface area contributed by atoms with Crippen molar-refractivity contribution in [3.05, 3.63) is 18.2 Å². The molecule has 9 atom stereocenters. The number of carbonyl (C=O) groups excluding carboxylic acids is 1. The van der Waals surface area contributed by atoms with Crippen LogP contribution in [0.25, 0.3) is 11.0 Å². The van der Waals surface area contributed by atoms with Gasteiger partial charge in [0.05, 0.1) is 7.11 Å². The molecular weight excluding hydrogens is 462 g/mol. The molecule has 4 aliphatic rings. The summed E-state index contributed by atoms with van der Waals surface area (Å²) in [7, 11) is 3.53. The molecule has 37 heavy (non-hydrogen) atoms. The van der Waals surface area contributed by atoms with Crippen molar-refractivity contribution in [3.63, 3.8) is 0 Å². The van der Waals surface area contributed by atoms with Crippen molar-refractivity contribution in [2.24, 2.45) is 52.3 Å². The zero-order chi connectivity index (χ0) is 25.9. The van der Waals surface area contributed by atoms with Crippen LogP contribution in [0.1, 0.15) is 72.1 Å². The fourth-order valence-electron chi connectivity index (χ4n) is 9.94. The van der Waals surface area contributed by atoms with E-state index in [4.69, 9.17) is 9.47 Å². The van der Waals surface area contributed by atoms with Gasteiger partial charge in [-0.2, -0.15) is 15.0 Å². The van der Waals surface area contributed by atoms with Gasteiger partial charge in [-0.1, -0.05) is 27.2 Å². The molecular formula is C31H45N3O3. The van der Waals surface area contributed by atoms with Gasteiger partial charge in [0.25, 0.3) is 0 Å². The average Bonchev–Trinajstić information content (AvgIpc) is 3.44. The molecule has 202 valence electrons. The van der Waals surface area contributed by atoms with Crippen LogP contribution in [0, 0.1) is 52.3 Å². The lowest BCUT2D eigenvalue weighted by Crippen LogP contribution is -2.57. The van der Waals surface area contributed by atoms with E-state index in [1.54, 1.807) is 11.9 Å². The predicted molar refractivity (Wildman–Crippen MR) is 144 cm³/mol. The first kappa shape index (κ1) is 25.3. The third kappa shape index (κ3) is 4.04. The Hall–Kier alpha value is -1.95. The van der Waals surface area contributed by atoms with E-state index in [2.05, 4.69) is 31.0 Å². The number of hydrogen-bond donors (Lipinski definition) is 0. The van der Waals surface area contributed by atoms with Gasteiger partial charge in [-0.05, 0) is 103 Å². The summed E-state index contributed by atoms with van der Waals surface area (Å²) in [4.78, 5) is 15.4. The molecule has 6 rings (SSSR count). The molecule has 1 heterocycles. The summed E-state index contributed by atoms with van der Waals surface area (Å²) >= 11 is 0. The van der Waals surface area contributed by atoms with E-state index in [1.807, 2.05) is 25.3 Å². The lowest BCUT2D eigenvalue weighted by molar-refractivity contribution is -0.157. The molecule has 4 fully saturated rings. The van der Waals surface area contributed by atoms with Crippen LogP contribution in [0.2, 0.25) is 0 Å². The molecule has 6 nitrogen and oxygen atoms in total. The van der Waals surface area contributed by atoms with Gasteiger partial charge in [0, 0.05) is 25.7 Å². The highest BCUT2D eigenvalue weighted by atomic mass is 16.5. The van der Waals surface area contributed by atoms with E-state index in [0.29, 0.717) is 29.0 Å². The molecule has 4 saturated carbocycles. The minimum absolute atomic E-state index is 0.0746. The van der Waals surface area contributed by atoms with Crippen LogP contribution >= 0.6 is 0 Å². The molecule has 0 bridgehead atoms. The van der Waals surface area contributed by atoms with Crippen molar-refractivity contribution in [3.8, 4) is 5.75 Å². The SMILES string of the molecule is COCC1CC2CC(C)CCC2(C)C2CCC3(C)C(C(=O)Cn4nc5ccc(OC)cc5n4)CCC3C12. The highest BCUT2D eigenvalue weighted by Crippen LogP contribution is 2.69. The summed E-state index contributed by atoms with van der Waals surface area (Å²) in [6.07, 6.45) is 10.1. The van der Waals surface area contributed by atoms with Crippen molar-refractivity contribution >= 4 is 16.8 Å². The van der Waals surface area contributed by atoms with E-state index in [1.165, 1.54) is 44.9 Å². The van der Waals surface area contributed by atoms with Crippen molar-refractivity contribution in [1.82, 2.24) is 15.0 Å². The number of benzene rings is 1. The van der Waals surface area contributed by atoms with Crippen molar-refractivity contribution in [1.29, 1.82) is 0 Å². The van der Waals surface area contributed by atoms with Crippen molar-refractivity contribution in [2.75, 3.05) is 20.8 Å². The van der Waals surface area contributed by atoms with Crippen LogP contribution in [0.4, 0.5) is 0 Å². The molecule has 1 aromatic carbocycles. The number of aromatic nitrogens is 3. The predicted octanol–water partition coefficient (Wildman–Crippen LogP) is 6.18. The second-order valence-corrected chi connectivity index (χ2v) is 13.5. The number of carbonyl (C=O) groups is 1. The molecule has 4 aliphatic carbocycles. The molecule has 0 spiro atoms. The van der Waals surface area contributed by atoms with Gasteiger partial charge in [-0.15, -0.1) is 0 Å². The topological polar surface area (TPSA) is 66.2 Å². The Kier molecular flexibility index (Phi) is 6.41. The zero-order valence-electron chi connectivity index (χ0n) is 23.4. The summed E-state index contributed by atoms with van der Waals surface area (Å²) < 4.78 is 11.2. The largest absolute Gasteiger partial charge is 0.497 e. The minimum Gasteiger partial charge on any atom is -0.497 e. The maximum absolute atomic E-state index is 13.8. The normalized spacial score (nSPS) is 41.2. The van der Waals surface area contributed by atoms with Crippen LogP contribution in [-0.2, 0) is 16.1 Å². The summed E-state index contributed by atoms with van der Waals surface area (Å²) in [5.41, 5.74) is 2.12. The van der Waals surface area contributed by atoms with E-state index in [9.17, 15) is 4.79 Å². The van der Waals surface area contributed by atoms with Crippen molar-refractivity contribution in [2.45, 2.75) is 78.7 Å². The molecule has 0 amide bonds. The van der Waals surface area contributed by atoms with Crippen molar-refractivity contribution < 1.29 is 14.3 Å². The monoisotopic (exact) mass is 507 g/mol. The number of rotatable bonds is 6. The average molecular weight is 508 g/mol. The molecule has 0 radical (unpaired) electrons. The Balaban J connectivity index is 1.24. The lowest BCUT2D eigenvalue weighted by atomic mass is 9.42. The molecule has 1 aromatic heterocycles. The van der Waals surface area contributed by atoms with Crippen LogP contribution in [0.15, 0.2) is 18.2 Å². The van der Waals surface area contributed by atoms with Gasteiger partial charge in [-0.25, -0.2) is 0 Å². The Morgan fingerprint density at radius 3 is 2.54 bits per heavy atom. The number of ether oxygens (including phenoxy) is 2. The van der Waals surface area contributed by atoms with Crippen LogP contribution < -0.4 is 4.74 Å². The highest BCUT2D eigenvalue weighted by molar-refractivity contribution is 5.82. The molecule has 6 heteroatoms. The molecule has 9 unspecified atom stereocenters. The number of ketones is 1. The van der Waals surface area contributed by atoms with Gasteiger partial charge in [-0.3, -0.25) is 4.79 Å². The third-order valence-corrected chi connectivity index (χ3v) is 11.8. The standard InChI is InChI=1S/C31H45N3O3/c1-19-10-12-30(2)21(14-19)15-20(18-36-4)29-24-8-7-23(31(24,3)13-11-25(29)30)28(35)17-34-32-26-9-6-22(37-5)16-27(26)33-34/h6,9,16,19-21,23-25,29H,7-8,10-15,17-18H2,1-5H3. The number of hydrogen-bond acceptors (Lipinski definition) is 5. The smallest absolute Gasteiger partial charge is 0.159 e. The molecule has 0 saturated heterocycles. The Morgan fingerprint density at radius 2 is 1.76 bits per heavy atom. The van der Waals surface area contributed by atoms with E-state index in [-0.39, 0.29) is 17.9 Å². The fraction of sp³-hybridized carbons (Fsp3) is 0.774. The number of methoxy groups -OCH3 is 2. The van der Waals surface area contributed by atoms with E-state index in [0.717, 1.165) is 47.6 Å². The summed E-state index contributed by atoms with van der Waals surface area (Å²) in [5, 5.41) is 9.21. The molecule has 0 N–H and O–H groups in total. The summed E-state index contributed by atoms with van der Waals surface area (Å²) in [5.74, 6) is 5.57. The summed E-state index contributed by atoms with van der Waals surface area (Å²) in [6, 6.07) is 5.69. The van der Waals surface area contributed by atoms with Gasteiger partial charge < -0.3 is 9.47 Å². The Morgan fingerprint density at radius 1 is 1.00 bits per heavy atom. The van der Waals surface area contributed by atoms with Crippen LogP contribution in [0.3, 0.4) is 0 Å². The van der Waals surface area contributed by atoms with Crippen LogP contribution in [0.5, 0.6) is 5.75 Å². The van der Waals surface area contributed by atoms with Gasteiger partial charge in [0.2, 0.25) is 0 Å². The van der Waals surface area contributed by atoms with Gasteiger partial charge in [0.15, 0.2) is 5.78 Å². The number of nitrogens with zero attached hydrogens (tertiary/aromatic N) is 3. The Labute approximate surface area is 221 Å². The second-order valence-electron chi connectivity index (χ2n) is 13.5. The van der Waals surface area contributed by atoms with Gasteiger partial charge in [0.1, 0.15) is 23.3 Å². The van der Waals surface area contributed by atoms with E-state index >= 15 is 0 Å². The molecule has 0 aliphatic heterocycles. The first-order chi connectivity index (χ1) is 17.8. The lowest BCUT2D eigenvalue weighted by Gasteiger charge is -2.63. The fourth-order valence-corrected chi connectivity index (χ4v) is 9.94. The maximum Gasteiger partial charge on any atom is 0.159 e. The van der Waals surface area contributed by atoms with Gasteiger partial charge >= 0.3 is 0 Å². The first-order valence-corrected chi connectivity index (χ1v) is 14.7. The van der Waals surface area contributed by atoms with Crippen LogP contribution in [-0.4, -0.2) is 41.6 Å². The summed E-state index contributed by atoms with van der Waals surface area (Å²) in [6.45, 7) is 8.67. The maximum atomic E-state index is 13.8. The second kappa shape index (κ2) is 9.36. The first-order valence-electron chi connectivity index (χ1n) is 14.7. The third-order valence-electron chi connectivity index (χ3n) is 11.8. The number of fused-ring (bicyclic) bond motifs is 6. The highest BCUT2D eigenvalue weighted by Gasteiger charge is 2.63. The zero-order valence-corrected chi connectivity index (χ0v) is 23.4. The van der Waals surface area contributed by atoms with E-state index < -0.39 is 0 Å². The Bertz CT molecular complexity index is 1160. The quantitative estimate of drug-likeness (QED) is 0.467. The number of Topliss-reactive ketones (excluding diaryl/α,β-unsaturated/α-hetero) is 1. The molecule has 2 aromatic rings. The minimum atomic E-state index is 0.0746.